The number of benzene rings is 1. The summed E-state index contributed by atoms with van der Waals surface area (Å²) in [7, 11) is 0. The second kappa shape index (κ2) is 8.03. The number of rotatable bonds is 6. The van der Waals surface area contributed by atoms with Crippen LogP contribution in [0.4, 0.5) is 0 Å². The van der Waals surface area contributed by atoms with Gasteiger partial charge in [-0.05, 0) is 54.1 Å². The number of nitrogens with two attached hydrogens (primary N) is 1. The van der Waals surface area contributed by atoms with E-state index in [1.165, 1.54) is 11.1 Å². The van der Waals surface area contributed by atoms with Crippen molar-refractivity contribution in [3.63, 3.8) is 0 Å². The second-order valence-electron chi connectivity index (χ2n) is 9.34. The van der Waals surface area contributed by atoms with Gasteiger partial charge in [0.1, 0.15) is 11.4 Å². The molecule has 4 aromatic rings. The predicted molar refractivity (Wildman–Crippen MR) is 130 cm³/mol. The van der Waals surface area contributed by atoms with E-state index in [2.05, 4.69) is 56.4 Å². The van der Waals surface area contributed by atoms with Crippen LogP contribution in [0.5, 0.6) is 0 Å². The van der Waals surface area contributed by atoms with Crippen LogP contribution in [0, 0.1) is 18.8 Å². The molecule has 5 N–H and O–H groups in total. The Morgan fingerprint density at radius 1 is 1.24 bits per heavy atom. The highest BCUT2D eigenvalue weighted by Gasteiger charge is 2.54. The Labute approximate surface area is 197 Å². The number of nitrogens with one attached hydrogen (secondary N) is 3. The van der Waals surface area contributed by atoms with E-state index in [4.69, 9.17) is 5.73 Å². The summed E-state index contributed by atoms with van der Waals surface area (Å²) >= 11 is 0. The molecule has 9 nitrogen and oxygen atoms in total. The molecule has 1 saturated carbocycles. The van der Waals surface area contributed by atoms with Gasteiger partial charge < -0.3 is 20.9 Å². The fourth-order valence-electron chi connectivity index (χ4n) is 5.12. The van der Waals surface area contributed by atoms with Gasteiger partial charge in [0.05, 0.1) is 11.7 Å². The zero-order chi connectivity index (χ0) is 23.4. The van der Waals surface area contributed by atoms with Crippen LogP contribution in [-0.4, -0.2) is 61.6 Å². The molecule has 3 atom stereocenters. The molecule has 6 rings (SSSR count). The molecule has 1 aromatic carbocycles. The average Bonchev–Trinajstić information content (AvgIpc) is 3.37. The van der Waals surface area contributed by atoms with Crippen molar-refractivity contribution in [3.8, 4) is 22.6 Å². The van der Waals surface area contributed by atoms with Gasteiger partial charge in [-0.2, -0.15) is 5.10 Å². The maximum Gasteiger partial charge on any atom is 0.271 e. The lowest BCUT2D eigenvalue weighted by atomic mass is 9.98. The number of pyridine rings is 1. The second-order valence-corrected chi connectivity index (χ2v) is 9.34. The normalized spacial score (nSPS) is 21.3. The molecule has 34 heavy (non-hydrogen) atoms. The number of hydrogen-bond donors (Lipinski definition) is 4. The van der Waals surface area contributed by atoms with E-state index in [9.17, 15) is 4.79 Å². The Hall–Kier alpha value is -3.56. The molecule has 0 radical (unpaired) electrons. The third-order valence-electron chi connectivity index (χ3n) is 7.34. The van der Waals surface area contributed by atoms with E-state index in [0.717, 1.165) is 48.2 Å². The van der Waals surface area contributed by atoms with Gasteiger partial charge in [-0.3, -0.25) is 14.9 Å². The number of piperidine rings is 1. The van der Waals surface area contributed by atoms with E-state index in [-0.39, 0.29) is 11.9 Å². The predicted octanol–water partition coefficient (Wildman–Crippen LogP) is 2.46. The fourth-order valence-corrected chi connectivity index (χ4v) is 5.12. The molecule has 2 fully saturated rings. The molecule has 2 aliphatic rings. The minimum atomic E-state index is -0.0297. The van der Waals surface area contributed by atoms with Crippen molar-refractivity contribution in [1.82, 2.24) is 35.4 Å². The Kier molecular flexibility index (Phi) is 4.96. The van der Waals surface area contributed by atoms with Crippen LogP contribution in [0.15, 0.2) is 36.8 Å². The summed E-state index contributed by atoms with van der Waals surface area (Å²) in [4.78, 5) is 26.9. The van der Waals surface area contributed by atoms with Crippen molar-refractivity contribution in [3.05, 3.63) is 53.6 Å². The molecule has 4 heterocycles. The van der Waals surface area contributed by atoms with Crippen LogP contribution in [0.3, 0.4) is 0 Å². The molecule has 0 spiro atoms. The van der Waals surface area contributed by atoms with Crippen LogP contribution in [0.2, 0.25) is 0 Å². The number of aromatic nitrogens is 5. The summed E-state index contributed by atoms with van der Waals surface area (Å²) in [6.07, 6.45) is 5.42. The van der Waals surface area contributed by atoms with E-state index < -0.39 is 0 Å². The largest absolute Gasteiger partial charge is 0.337 e. The standard InChI is InChI=1S/C25H28N8O/c1-3-27-7-15-8-28-9-17(13(15)2)14-4-5-20-16(6-14)23(32-31-20)24-29-10-21(30-24)25(34)33-11-18-19(12-33)22(18)26/h4-6,8-10,18-19,22,27H,3,7,11-12,26H2,1-2H3,(H,29,30)(H,31,32)/t18-,19+,22?. The maximum atomic E-state index is 12.9. The quantitative estimate of drug-likeness (QED) is 0.353. The number of fused-ring (bicyclic) bond motifs is 2. The van der Waals surface area contributed by atoms with E-state index in [0.29, 0.717) is 29.0 Å². The van der Waals surface area contributed by atoms with Gasteiger partial charge in [0.25, 0.3) is 5.91 Å². The van der Waals surface area contributed by atoms with Crippen LogP contribution in [-0.2, 0) is 6.54 Å². The molecule has 1 amide bonds. The average molecular weight is 457 g/mol. The van der Waals surface area contributed by atoms with E-state index in [1.54, 1.807) is 6.20 Å². The molecule has 1 unspecified atom stereocenters. The smallest absolute Gasteiger partial charge is 0.271 e. The molecule has 1 aliphatic heterocycles. The number of carbonyl (C=O) groups is 1. The van der Waals surface area contributed by atoms with Crippen molar-refractivity contribution >= 4 is 16.8 Å². The van der Waals surface area contributed by atoms with Gasteiger partial charge in [0.15, 0.2) is 5.82 Å². The van der Waals surface area contributed by atoms with Gasteiger partial charge in [-0.15, -0.1) is 0 Å². The van der Waals surface area contributed by atoms with Gasteiger partial charge in [0, 0.05) is 49.0 Å². The van der Waals surface area contributed by atoms with Gasteiger partial charge in [0.2, 0.25) is 0 Å². The highest BCUT2D eigenvalue weighted by atomic mass is 16.2. The number of carbonyl (C=O) groups excluding carboxylic acids is 1. The van der Waals surface area contributed by atoms with Crippen molar-refractivity contribution < 1.29 is 4.79 Å². The summed E-state index contributed by atoms with van der Waals surface area (Å²) in [5.74, 6) is 1.45. The van der Waals surface area contributed by atoms with Crippen molar-refractivity contribution in [2.45, 2.75) is 26.4 Å². The summed E-state index contributed by atoms with van der Waals surface area (Å²) in [5.41, 5.74) is 12.6. The first kappa shape index (κ1) is 21.0. The molecule has 9 heteroatoms. The number of amides is 1. The lowest BCUT2D eigenvalue weighted by Crippen LogP contribution is -2.34. The van der Waals surface area contributed by atoms with Crippen LogP contribution >= 0.6 is 0 Å². The zero-order valence-corrected chi connectivity index (χ0v) is 19.3. The van der Waals surface area contributed by atoms with Gasteiger partial charge in [-0.1, -0.05) is 13.0 Å². The first-order valence-electron chi connectivity index (χ1n) is 11.8. The lowest BCUT2D eigenvalue weighted by Gasteiger charge is -2.17. The first-order chi connectivity index (χ1) is 16.5. The first-order valence-corrected chi connectivity index (χ1v) is 11.8. The van der Waals surface area contributed by atoms with E-state index >= 15 is 0 Å². The minimum Gasteiger partial charge on any atom is -0.337 e. The van der Waals surface area contributed by atoms with Crippen molar-refractivity contribution in [2.75, 3.05) is 19.6 Å². The Balaban J connectivity index is 1.30. The number of hydrogen-bond acceptors (Lipinski definition) is 6. The van der Waals surface area contributed by atoms with Crippen LogP contribution in [0.25, 0.3) is 33.5 Å². The van der Waals surface area contributed by atoms with Crippen LogP contribution < -0.4 is 11.1 Å². The third kappa shape index (κ3) is 3.39. The number of nitrogens with zero attached hydrogens (tertiary/aromatic N) is 4. The SMILES string of the molecule is CCNCc1cncc(-c2ccc3[nH]nc(-c4ncc(C(=O)N5C[C@@H]6C(N)[C@@H]6C5)[nH]4)c3c2)c1C. The van der Waals surface area contributed by atoms with E-state index in [1.807, 2.05) is 23.4 Å². The molecule has 3 aromatic heterocycles. The Bertz CT molecular complexity index is 1380. The van der Waals surface area contributed by atoms with Gasteiger partial charge >= 0.3 is 0 Å². The van der Waals surface area contributed by atoms with Gasteiger partial charge in [-0.25, -0.2) is 4.98 Å². The Morgan fingerprint density at radius 2 is 2.06 bits per heavy atom. The molecule has 1 aliphatic carbocycles. The highest BCUT2D eigenvalue weighted by Crippen LogP contribution is 2.44. The zero-order valence-electron chi connectivity index (χ0n) is 19.3. The molecule has 1 saturated heterocycles. The van der Waals surface area contributed by atoms with Crippen molar-refractivity contribution in [2.24, 2.45) is 17.6 Å². The molecular formula is C25H28N8O. The van der Waals surface area contributed by atoms with Crippen LogP contribution in [0.1, 0.15) is 28.5 Å². The fraction of sp³-hybridized carbons (Fsp3) is 0.360. The number of H-pyrrole nitrogens is 2. The van der Waals surface area contributed by atoms with Crippen molar-refractivity contribution in [1.29, 1.82) is 0 Å². The highest BCUT2D eigenvalue weighted by molar-refractivity contribution is 5.96. The molecule has 0 bridgehead atoms. The number of aromatic amines is 2. The molecule has 174 valence electrons. The topological polar surface area (TPSA) is 129 Å². The minimum absolute atomic E-state index is 0.0297. The Morgan fingerprint density at radius 3 is 2.85 bits per heavy atom. The monoisotopic (exact) mass is 456 g/mol. The summed E-state index contributed by atoms with van der Waals surface area (Å²) in [6, 6.07) is 6.46. The third-order valence-corrected chi connectivity index (χ3v) is 7.34. The summed E-state index contributed by atoms with van der Waals surface area (Å²) in [6.45, 7) is 7.38. The molecular weight excluding hydrogens is 428 g/mol. The number of likely N-dealkylation sites (tertiary alicyclic amines) is 1. The summed E-state index contributed by atoms with van der Waals surface area (Å²) < 4.78 is 0. The summed E-state index contributed by atoms with van der Waals surface area (Å²) in [5, 5.41) is 11.9. The maximum absolute atomic E-state index is 12.9. The lowest BCUT2D eigenvalue weighted by molar-refractivity contribution is 0.0768. The number of imidazole rings is 1.